The maximum absolute atomic E-state index is 12.0. The van der Waals surface area contributed by atoms with Gasteiger partial charge in [-0.05, 0) is 32.9 Å². The summed E-state index contributed by atoms with van der Waals surface area (Å²) in [5, 5.41) is 3.61. The van der Waals surface area contributed by atoms with Gasteiger partial charge in [-0.3, -0.25) is 9.59 Å². The van der Waals surface area contributed by atoms with E-state index in [9.17, 15) is 9.59 Å². The Hall–Kier alpha value is -1.46. The van der Waals surface area contributed by atoms with Crippen molar-refractivity contribution in [2.24, 2.45) is 0 Å². The lowest BCUT2D eigenvalue weighted by Gasteiger charge is -2.23. The fourth-order valence-corrected chi connectivity index (χ4v) is 1.93. The summed E-state index contributed by atoms with van der Waals surface area (Å²) in [7, 11) is 1.54. The van der Waals surface area contributed by atoms with Crippen molar-refractivity contribution in [1.82, 2.24) is 10.2 Å². The molecule has 0 aliphatic carbocycles. The molecule has 0 fully saturated rings. The predicted molar refractivity (Wildman–Crippen MR) is 87.5 cm³/mol. The third-order valence-electron chi connectivity index (χ3n) is 2.57. The molecule has 0 bridgehead atoms. The molecule has 122 valence electrons. The van der Waals surface area contributed by atoms with E-state index in [1.165, 1.54) is 18.0 Å². The molecule has 1 aromatic rings. The van der Waals surface area contributed by atoms with E-state index >= 15 is 0 Å². The van der Waals surface area contributed by atoms with Crippen molar-refractivity contribution in [2.45, 2.75) is 26.3 Å². The summed E-state index contributed by atoms with van der Waals surface area (Å²) >= 11 is 11.8. The molecule has 0 aliphatic heterocycles. The van der Waals surface area contributed by atoms with Crippen LogP contribution in [0.1, 0.15) is 20.8 Å². The molecule has 0 saturated heterocycles. The first-order chi connectivity index (χ1) is 10.1. The van der Waals surface area contributed by atoms with E-state index in [4.69, 9.17) is 27.9 Å². The molecule has 7 heteroatoms. The first-order valence-electron chi connectivity index (χ1n) is 6.71. The van der Waals surface area contributed by atoms with Gasteiger partial charge in [0, 0.05) is 23.7 Å². The fourth-order valence-electron chi connectivity index (χ4n) is 1.60. The van der Waals surface area contributed by atoms with Gasteiger partial charge in [0.1, 0.15) is 5.75 Å². The van der Waals surface area contributed by atoms with Gasteiger partial charge in [-0.15, -0.1) is 0 Å². The Morgan fingerprint density at radius 2 is 1.91 bits per heavy atom. The first kappa shape index (κ1) is 18.6. The van der Waals surface area contributed by atoms with Crippen LogP contribution >= 0.6 is 23.2 Å². The highest BCUT2D eigenvalue weighted by Gasteiger charge is 2.18. The SMILES string of the molecule is CN(CC(=O)NC(C)(C)C)C(=O)COc1cc(Cl)ccc1Cl. The molecule has 0 aliphatic rings. The molecule has 5 nitrogen and oxygen atoms in total. The summed E-state index contributed by atoms with van der Waals surface area (Å²) in [6.07, 6.45) is 0. The topological polar surface area (TPSA) is 58.6 Å². The number of halogens is 2. The molecular formula is C15H20Cl2N2O3. The molecule has 2 amide bonds. The Labute approximate surface area is 140 Å². The second-order valence-corrected chi connectivity index (χ2v) is 6.76. The number of nitrogens with zero attached hydrogens (tertiary/aromatic N) is 1. The van der Waals surface area contributed by atoms with E-state index in [2.05, 4.69) is 5.32 Å². The Morgan fingerprint density at radius 1 is 1.27 bits per heavy atom. The lowest BCUT2D eigenvalue weighted by Crippen LogP contribution is -2.47. The van der Waals surface area contributed by atoms with Gasteiger partial charge in [0.2, 0.25) is 5.91 Å². The Kier molecular flexibility index (Phi) is 6.50. The fraction of sp³-hybridized carbons (Fsp3) is 0.467. The Morgan fingerprint density at radius 3 is 2.50 bits per heavy atom. The van der Waals surface area contributed by atoms with E-state index in [1.807, 2.05) is 20.8 Å². The quantitative estimate of drug-likeness (QED) is 0.891. The maximum atomic E-state index is 12.0. The smallest absolute Gasteiger partial charge is 0.260 e. The summed E-state index contributed by atoms with van der Waals surface area (Å²) in [6.45, 7) is 5.35. The van der Waals surface area contributed by atoms with Gasteiger partial charge in [-0.1, -0.05) is 23.2 Å². The van der Waals surface area contributed by atoms with Crippen molar-refractivity contribution >= 4 is 35.0 Å². The zero-order chi connectivity index (χ0) is 16.9. The molecule has 0 spiro atoms. The number of rotatable bonds is 5. The van der Waals surface area contributed by atoms with Crippen LogP contribution in [0.4, 0.5) is 0 Å². The summed E-state index contributed by atoms with van der Waals surface area (Å²) in [5.74, 6) is -0.237. The number of likely N-dealkylation sites (N-methyl/N-ethyl adjacent to an activating group) is 1. The van der Waals surface area contributed by atoms with Gasteiger partial charge in [-0.2, -0.15) is 0 Å². The summed E-state index contributed by atoms with van der Waals surface area (Å²) in [6, 6.07) is 4.75. The van der Waals surface area contributed by atoms with Crippen LogP contribution in [0.5, 0.6) is 5.75 Å². The van der Waals surface area contributed by atoms with Gasteiger partial charge in [0.15, 0.2) is 6.61 Å². The molecule has 0 aromatic heterocycles. The molecular weight excluding hydrogens is 327 g/mol. The average molecular weight is 347 g/mol. The molecule has 1 rings (SSSR count). The van der Waals surface area contributed by atoms with E-state index in [1.54, 1.807) is 12.1 Å². The van der Waals surface area contributed by atoms with Crippen molar-refractivity contribution in [1.29, 1.82) is 0 Å². The third kappa shape index (κ3) is 6.54. The van der Waals surface area contributed by atoms with Gasteiger partial charge in [0.25, 0.3) is 5.91 Å². The van der Waals surface area contributed by atoms with Crippen LogP contribution in [0, 0.1) is 0 Å². The molecule has 1 aromatic carbocycles. The number of nitrogens with one attached hydrogen (secondary N) is 1. The lowest BCUT2D eigenvalue weighted by molar-refractivity contribution is -0.136. The summed E-state index contributed by atoms with van der Waals surface area (Å²) < 4.78 is 5.34. The van der Waals surface area contributed by atoms with Gasteiger partial charge < -0.3 is 15.0 Å². The second kappa shape index (κ2) is 7.70. The van der Waals surface area contributed by atoms with Crippen molar-refractivity contribution in [3.05, 3.63) is 28.2 Å². The van der Waals surface area contributed by atoms with Gasteiger partial charge in [-0.25, -0.2) is 0 Å². The molecule has 0 heterocycles. The zero-order valence-electron chi connectivity index (χ0n) is 13.1. The summed E-state index contributed by atoms with van der Waals surface area (Å²) in [4.78, 5) is 25.0. The van der Waals surface area contributed by atoms with E-state index in [-0.39, 0.29) is 30.5 Å². The number of hydrogen-bond donors (Lipinski definition) is 1. The minimum atomic E-state index is -0.341. The molecule has 0 radical (unpaired) electrons. The van der Waals surface area contributed by atoms with Crippen molar-refractivity contribution in [2.75, 3.05) is 20.2 Å². The summed E-state index contributed by atoms with van der Waals surface area (Å²) in [5.41, 5.74) is -0.341. The lowest BCUT2D eigenvalue weighted by atomic mass is 10.1. The average Bonchev–Trinajstić information content (AvgIpc) is 2.37. The van der Waals surface area contributed by atoms with Crippen LogP contribution in [-0.4, -0.2) is 42.5 Å². The first-order valence-corrected chi connectivity index (χ1v) is 7.47. The van der Waals surface area contributed by atoms with E-state index in [0.29, 0.717) is 15.8 Å². The number of hydrogen-bond acceptors (Lipinski definition) is 3. The standard InChI is InChI=1S/C15H20Cl2N2O3/c1-15(2,3)18-13(20)8-19(4)14(21)9-22-12-7-10(16)5-6-11(12)17/h5-7H,8-9H2,1-4H3,(H,18,20). The van der Waals surface area contributed by atoms with Crippen LogP contribution in [-0.2, 0) is 9.59 Å². The highest BCUT2D eigenvalue weighted by Crippen LogP contribution is 2.27. The van der Waals surface area contributed by atoms with Crippen LogP contribution < -0.4 is 10.1 Å². The highest BCUT2D eigenvalue weighted by atomic mass is 35.5. The molecule has 22 heavy (non-hydrogen) atoms. The van der Waals surface area contributed by atoms with Crippen LogP contribution in [0.25, 0.3) is 0 Å². The Balaban J connectivity index is 2.51. The number of benzene rings is 1. The van der Waals surface area contributed by atoms with Crippen LogP contribution in [0.2, 0.25) is 10.0 Å². The van der Waals surface area contributed by atoms with Gasteiger partial charge >= 0.3 is 0 Å². The third-order valence-corrected chi connectivity index (χ3v) is 3.11. The second-order valence-electron chi connectivity index (χ2n) is 5.91. The number of amides is 2. The van der Waals surface area contributed by atoms with Crippen LogP contribution in [0.15, 0.2) is 18.2 Å². The van der Waals surface area contributed by atoms with E-state index in [0.717, 1.165) is 0 Å². The van der Waals surface area contributed by atoms with E-state index < -0.39 is 0 Å². The minimum Gasteiger partial charge on any atom is -0.482 e. The van der Waals surface area contributed by atoms with Gasteiger partial charge in [0.05, 0.1) is 11.6 Å². The van der Waals surface area contributed by atoms with Crippen LogP contribution in [0.3, 0.4) is 0 Å². The van der Waals surface area contributed by atoms with Crippen molar-refractivity contribution in [3.8, 4) is 5.75 Å². The minimum absolute atomic E-state index is 0.0389. The number of ether oxygens (including phenoxy) is 1. The van der Waals surface area contributed by atoms with Crippen molar-refractivity contribution in [3.63, 3.8) is 0 Å². The zero-order valence-corrected chi connectivity index (χ0v) is 14.6. The predicted octanol–water partition coefficient (Wildman–Crippen LogP) is 2.75. The molecule has 0 saturated carbocycles. The maximum Gasteiger partial charge on any atom is 0.260 e. The Bertz CT molecular complexity index is 556. The largest absolute Gasteiger partial charge is 0.482 e. The number of carbonyl (C=O) groups excluding carboxylic acids is 2. The molecule has 0 atom stereocenters. The normalized spacial score (nSPS) is 11.0. The van der Waals surface area contributed by atoms with Crippen molar-refractivity contribution < 1.29 is 14.3 Å². The molecule has 0 unspecified atom stereocenters. The monoisotopic (exact) mass is 346 g/mol. The number of carbonyl (C=O) groups is 2. The highest BCUT2D eigenvalue weighted by molar-refractivity contribution is 6.34. The molecule has 1 N–H and O–H groups in total.